The summed E-state index contributed by atoms with van der Waals surface area (Å²) in [5.41, 5.74) is 0.505. The van der Waals surface area contributed by atoms with Gasteiger partial charge in [-0.3, -0.25) is 5.10 Å². The highest BCUT2D eigenvalue weighted by Gasteiger charge is 2.21. The van der Waals surface area contributed by atoms with Gasteiger partial charge in [-0.2, -0.15) is 5.10 Å². The molecular weight excluding hydrogens is 154 g/mol. The van der Waals surface area contributed by atoms with Gasteiger partial charge in [-0.15, -0.1) is 10.3 Å². The van der Waals surface area contributed by atoms with Crippen LogP contribution in [-0.4, -0.2) is 20.8 Å². The highest BCUT2D eigenvalue weighted by Crippen LogP contribution is 2.13. The van der Waals surface area contributed by atoms with Gasteiger partial charge in [-0.1, -0.05) is 0 Å². The van der Waals surface area contributed by atoms with Gasteiger partial charge in [0.1, 0.15) is 0 Å². The molecular formula is C8H14N3O. The highest BCUT2D eigenvalue weighted by molar-refractivity contribution is 4.97. The molecule has 0 aliphatic rings. The normalized spacial score (nSPS) is 12.4. The van der Waals surface area contributed by atoms with Crippen LogP contribution >= 0.6 is 0 Å². The molecule has 1 aromatic rings. The topological polar surface area (TPSA) is 51.8 Å². The Bertz CT molecular complexity index is 225. The fourth-order valence-electron chi connectivity index (χ4n) is 0.765. The summed E-state index contributed by atoms with van der Waals surface area (Å²) in [6.07, 6.45) is 1.64. The Hall–Kier alpha value is -0.870. The van der Waals surface area contributed by atoms with E-state index in [0.717, 1.165) is 10.8 Å². The predicted molar refractivity (Wildman–Crippen MR) is 44.6 cm³/mol. The Kier molecular flexibility index (Phi) is 2.49. The maximum absolute atomic E-state index is 11.4. The molecule has 0 fully saturated rings. The van der Waals surface area contributed by atoms with E-state index in [0.29, 0.717) is 6.54 Å². The maximum atomic E-state index is 11.4. The molecule has 1 heterocycles. The van der Waals surface area contributed by atoms with Gasteiger partial charge in [0.15, 0.2) is 0 Å². The van der Waals surface area contributed by atoms with Crippen molar-refractivity contribution < 1.29 is 5.21 Å². The van der Waals surface area contributed by atoms with Crippen LogP contribution in [0.4, 0.5) is 0 Å². The van der Waals surface area contributed by atoms with Crippen molar-refractivity contribution in [2.45, 2.75) is 32.9 Å². The van der Waals surface area contributed by atoms with E-state index in [9.17, 15) is 5.21 Å². The molecule has 0 saturated carbocycles. The lowest BCUT2D eigenvalue weighted by atomic mass is 10.1. The molecule has 0 spiro atoms. The lowest BCUT2D eigenvalue weighted by Crippen LogP contribution is -2.36. The number of aromatic amines is 1. The quantitative estimate of drug-likeness (QED) is 0.678. The molecule has 0 saturated heterocycles. The van der Waals surface area contributed by atoms with Crippen LogP contribution in [0, 0.1) is 0 Å². The average Bonchev–Trinajstić information content (AvgIpc) is 2.37. The molecule has 0 bridgehead atoms. The van der Waals surface area contributed by atoms with E-state index in [4.69, 9.17) is 0 Å². The van der Waals surface area contributed by atoms with Crippen LogP contribution < -0.4 is 0 Å². The fourth-order valence-corrected chi connectivity index (χ4v) is 0.765. The second kappa shape index (κ2) is 3.25. The maximum Gasteiger partial charge on any atom is 0.0695 e. The molecule has 0 unspecified atom stereocenters. The zero-order valence-electron chi connectivity index (χ0n) is 7.66. The number of aromatic nitrogens is 2. The largest absolute Gasteiger partial charge is 0.281 e. The van der Waals surface area contributed by atoms with E-state index < -0.39 is 0 Å². The third-order valence-corrected chi connectivity index (χ3v) is 1.62. The minimum atomic E-state index is -0.342. The van der Waals surface area contributed by atoms with E-state index >= 15 is 0 Å². The molecule has 0 aliphatic carbocycles. The van der Waals surface area contributed by atoms with E-state index in [2.05, 4.69) is 10.2 Å². The number of H-pyrrole nitrogens is 1. The molecule has 1 rings (SSSR count). The van der Waals surface area contributed by atoms with Crippen molar-refractivity contribution in [2.24, 2.45) is 0 Å². The SMILES string of the molecule is CC(C)(C)N([O])Cc1ccn[nH]1. The third-order valence-electron chi connectivity index (χ3n) is 1.62. The lowest BCUT2D eigenvalue weighted by Gasteiger charge is -2.26. The molecule has 12 heavy (non-hydrogen) atoms. The van der Waals surface area contributed by atoms with Crippen molar-refractivity contribution in [1.29, 1.82) is 0 Å². The number of hydrogen-bond donors (Lipinski definition) is 1. The Balaban J connectivity index is 2.53. The van der Waals surface area contributed by atoms with Crippen molar-refractivity contribution in [1.82, 2.24) is 15.3 Å². The van der Waals surface area contributed by atoms with Crippen molar-refractivity contribution in [2.75, 3.05) is 0 Å². The second-order valence-corrected chi connectivity index (χ2v) is 3.79. The predicted octanol–water partition coefficient (Wildman–Crippen LogP) is 1.36. The van der Waals surface area contributed by atoms with Crippen LogP contribution in [0.2, 0.25) is 0 Å². The van der Waals surface area contributed by atoms with E-state index in [1.807, 2.05) is 20.8 Å². The number of nitrogens with one attached hydrogen (secondary N) is 1. The third kappa shape index (κ3) is 2.32. The van der Waals surface area contributed by atoms with Crippen LogP contribution in [-0.2, 0) is 11.8 Å². The Morgan fingerprint density at radius 2 is 2.25 bits per heavy atom. The zero-order chi connectivity index (χ0) is 9.19. The fraction of sp³-hybridized carbons (Fsp3) is 0.625. The summed E-state index contributed by atoms with van der Waals surface area (Å²) >= 11 is 0. The number of rotatable bonds is 2. The van der Waals surface area contributed by atoms with Gasteiger partial charge in [0, 0.05) is 11.7 Å². The van der Waals surface area contributed by atoms with Crippen LogP contribution in [0.3, 0.4) is 0 Å². The number of hydroxylamine groups is 2. The summed E-state index contributed by atoms with van der Waals surface area (Å²) < 4.78 is 0. The summed E-state index contributed by atoms with van der Waals surface area (Å²) in [5, 5.41) is 18.9. The monoisotopic (exact) mass is 168 g/mol. The molecule has 0 atom stereocenters. The minimum Gasteiger partial charge on any atom is -0.281 e. The first-order valence-corrected chi connectivity index (χ1v) is 3.93. The van der Waals surface area contributed by atoms with E-state index in [1.54, 1.807) is 12.3 Å². The summed E-state index contributed by atoms with van der Waals surface area (Å²) in [4.78, 5) is 0. The number of hydrogen-bond acceptors (Lipinski definition) is 2. The van der Waals surface area contributed by atoms with Gasteiger partial charge in [0.25, 0.3) is 0 Å². The lowest BCUT2D eigenvalue weighted by molar-refractivity contribution is -0.220. The zero-order valence-corrected chi connectivity index (χ0v) is 7.66. The van der Waals surface area contributed by atoms with Gasteiger partial charge in [0.2, 0.25) is 0 Å². The molecule has 1 radical (unpaired) electrons. The molecule has 0 amide bonds. The average molecular weight is 168 g/mol. The van der Waals surface area contributed by atoms with Crippen LogP contribution in [0.15, 0.2) is 12.3 Å². The summed E-state index contributed by atoms with van der Waals surface area (Å²) in [6.45, 7) is 6.02. The Labute approximate surface area is 72.2 Å². The van der Waals surface area contributed by atoms with E-state index in [-0.39, 0.29) is 5.54 Å². The standard InChI is InChI=1S/C8H14N3O/c1-8(2,3)11(12)6-7-4-5-9-10-7/h4-5H,6H2,1-3H3,(H,9,10). The Morgan fingerprint density at radius 3 is 2.67 bits per heavy atom. The molecule has 0 aromatic carbocycles. The Morgan fingerprint density at radius 1 is 1.58 bits per heavy atom. The summed E-state index contributed by atoms with van der Waals surface area (Å²) in [5.74, 6) is 0. The first-order chi connectivity index (χ1) is 5.50. The smallest absolute Gasteiger partial charge is 0.0695 e. The van der Waals surface area contributed by atoms with Crippen LogP contribution in [0.1, 0.15) is 26.5 Å². The second-order valence-electron chi connectivity index (χ2n) is 3.79. The molecule has 1 aromatic heterocycles. The summed E-state index contributed by atoms with van der Waals surface area (Å²) in [6, 6.07) is 1.80. The minimum absolute atomic E-state index is 0.342. The van der Waals surface area contributed by atoms with Crippen LogP contribution in [0.25, 0.3) is 0 Å². The van der Waals surface area contributed by atoms with Gasteiger partial charge in [-0.25, -0.2) is 0 Å². The van der Waals surface area contributed by atoms with Gasteiger partial charge >= 0.3 is 0 Å². The molecule has 0 aliphatic heterocycles. The summed E-state index contributed by atoms with van der Waals surface area (Å²) in [7, 11) is 0. The van der Waals surface area contributed by atoms with Gasteiger partial charge in [-0.05, 0) is 26.8 Å². The molecule has 4 nitrogen and oxygen atoms in total. The van der Waals surface area contributed by atoms with Gasteiger partial charge < -0.3 is 0 Å². The first kappa shape index (κ1) is 9.22. The van der Waals surface area contributed by atoms with Crippen molar-refractivity contribution in [3.05, 3.63) is 18.0 Å². The van der Waals surface area contributed by atoms with Crippen molar-refractivity contribution in [3.63, 3.8) is 0 Å². The molecule has 1 N–H and O–H groups in total. The van der Waals surface area contributed by atoms with Crippen LogP contribution in [0.5, 0.6) is 0 Å². The highest BCUT2D eigenvalue weighted by atomic mass is 16.5. The van der Waals surface area contributed by atoms with E-state index in [1.165, 1.54) is 0 Å². The van der Waals surface area contributed by atoms with Gasteiger partial charge in [0.05, 0.1) is 12.2 Å². The van der Waals surface area contributed by atoms with Crippen molar-refractivity contribution >= 4 is 0 Å². The molecule has 4 heteroatoms. The number of nitrogens with zero attached hydrogens (tertiary/aromatic N) is 2. The molecule has 67 valence electrons. The van der Waals surface area contributed by atoms with Crippen molar-refractivity contribution in [3.8, 4) is 0 Å². The first-order valence-electron chi connectivity index (χ1n) is 3.93.